The second kappa shape index (κ2) is 9.44. The summed E-state index contributed by atoms with van der Waals surface area (Å²) in [6.45, 7) is 5.19. The van der Waals surface area contributed by atoms with E-state index in [2.05, 4.69) is 41.7 Å². The van der Waals surface area contributed by atoms with Crippen LogP contribution in [0.15, 0.2) is 29.2 Å². The number of carbonyl (C=O) groups excluding carboxylic acids is 1. The number of hydrogen-bond acceptors (Lipinski definition) is 4. The first kappa shape index (κ1) is 20.1. The minimum absolute atomic E-state index is 0.127. The van der Waals surface area contributed by atoms with Crippen LogP contribution in [0, 0.1) is 25.2 Å². The van der Waals surface area contributed by atoms with Crippen LogP contribution in [-0.2, 0) is 24.3 Å². The number of thioether (sulfide) groups is 1. The lowest BCUT2D eigenvalue weighted by atomic mass is 10.1. The zero-order valence-electron chi connectivity index (χ0n) is 16.0. The van der Waals surface area contributed by atoms with Crippen molar-refractivity contribution in [1.29, 1.82) is 5.26 Å². The van der Waals surface area contributed by atoms with Gasteiger partial charge in [0.05, 0.1) is 24.7 Å². The molecule has 2 aromatic rings. The highest BCUT2D eigenvalue weighted by Crippen LogP contribution is 2.18. The summed E-state index contributed by atoms with van der Waals surface area (Å²) in [5.41, 5.74) is 4.26. The zero-order chi connectivity index (χ0) is 19.1. The highest BCUT2D eigenvalue weighted by molar-refractivity contribution is 7.98. The fourth-order valence-corrected chi connectivity index (χ4v) is 3.39. The Bertz CT molecular complexity index is 789. The van der Waals surface area contributed by atoms with Gasteiger partial charge in [0.2, 0.25) is 5.91 Å². The van der Waals surface area contributed by atoms with E-state index in [1.807, 2.05) is 25.6 Å². The minimum Gasteiger partial charge on any atom is -0.341 e. The highest BCUT2D eigenvalue weighted by Gasteiger charge is 2.15. The summed E-state index contributed by atoms with van der Waals surface area (Å²) in [4.78, 5) is 15.5. The van der Waals surface area contributed by atoms with Crippen LogP contribution in [-0.4, -0.2) is 33.9 Å². The third kappa shape index (κ3) is 5.12. The normalized spacial score (nSPS) is 10.6. The van der Waals surface area contributed by atoms with Gasteiger partial charge in [-0.1, -0.05) is 12.1 Å². The molecule has 0 aliphatic carbocycles. The molecule has 1 aromatic carbocycles. The molecular weight excluding hydrogens is 344 g/mol. The van der Waals surface area contributed by atoms with Crippen molar-refractivity contribution >= 4 is 17.7 Å². The standard InChI is InChI=1S/C20H26N4OS/c1-15-19(16(2)24(22-15)13-5-12-21)10-11-20(25)23(3)14-17-6-8-18(26-4)9-7-17/h6-9H,5,10-11,13-14H2,1-4H3. The maximum absolute atomic E-state index is 12.5. The third-order valence-corrected chi connectivity index (χ3v) is 5.30. The number of aromatic nitrogens is 2. The molecule has 0 unspecified atom stereocenters. The number of nitriles is 1. The lowest BCUT2D eigenvalue weighted by Gasteiger charge is -2.17. The minimum atomic E-state index is 0.127. The largest absolute Gasteiger partial charge is 0.341 e. The van der Waals surface area contributed by atoms with Crippen molar-refractivity contribution in [1.82, 2.24) is 14.7 Å². The van der Waals surface area contributed by atoms with E-state index in [-0.39, 0.29) is 5.91 Å². The molecule has 0 aliphatic rings. The molecule has 0 atom stereocenters. The van der Waals surface area contributed by atoms with Crippen LogP contribution in [0.3, 0.4) is 0 Å². The van der Waals surface area contributed by atoms with Crippen LogP contribution in [0.5, 0.6) is 0 Å². The Balaban J connectivity index is 1.93. The van der Waals surface area contributed by atoms with Gasteiger partial charge in [0.15, 0.2) is 0 Å². The van der Waals surface area contributed by atoms with E-state index in [4.69, 9.17) is 5.26 Å². The van der Waals surface area contributed by atoms with Crippen LogP contribution in [0.1, 0.15) is 35.4 Å². The molecule has 1 amide bonds. The van der Waals surface area contributed by atoms with Crippen LogP contribution < -0.4 is 0 Å². The first-order valence-electron chi connectivity index (χ1n) is 8.73. The molecule has 0 fully saturated rings. The maximum Gasteiger partial charge on any atom is 0.222 e. The molecule has 6 heteroatoms. The van der Waals surface area contributed by atoms with Gasteiger partial charge < -0.3 is 4.90 Å². The first-order valence-corrected chi connectivity index (χ1v) is 9.95. The molecule has 138 valence electrons. The molecule has 0 bridgehead atoms. The summed E-state index contributed by atoms with van der Waals surface area (Å²) >= 11 is 1.71. The Morgan fingerprint density at radius 3 is 2.62 bits per heavy atom. The number of rotatable bonds is 8. The van der Waals surface area contributed by atoms with Crippen molar-refractivity contribution in [3.63, 3.8) is 0 Å². The average Bonchev–Trinajstić information content (AvgIpc) is 2.91. The predicted octanol–water partition coefficient (Wildman–Crippen LogP) is 3.73. The van der Waals surface area contributed by atoms with E-state index >= 15 is 0 Å². The summed E-state index contributed by atoms with van der Waals surface area (Å²) in [7, 11) is 1.85. The Labute approximate surface area is 160 Å². The van der Waals surface area contributed by atoms with E-state index in [0.29, 0.717) is 32.4 Å². The molecule has 0 aliphatic heterocycles. The van der Waals surface area contributed by atoms with Gasteiger partial charge in [-0.2, -0.15) is 10.4 Å². The van der Waals surface area contributed by atoms with E-state index in [1.165, 1.54) is 4.90 Å². The van der Waals surface area contributed by atoms with Gasteiger partial charge in [0.1, 0.15) is 0 Å². The highest BCUT2D eigenvalue weighted by atomic mass is 32.2. The number of hydrogen-bond donors (Lipinski definition) is 0. The van der Waals surface area contributed by atoms with E-state index in [9.17, 15) is 4.79 Å². The first-order chi connectivity index (χ1) is 12.5. The molecule has 0 spiro atoms. The number of carbonyl (C=O) groups is 1. The molecule has 0 saturated heterocycles. The Morgan fingerprint density at radius 1 is 1.31 bits per heavy atom. The van der Waals surface area contributed by atoms with Crippen LogP contribution in [0.2, 0.25) is 0 Å². The zero-order valence-corrected chi connectivity index (χ0v) is 16.8. The Morgan fingerprint density at radius 2 is 2.00 bits per heavy atom. The van der Waals surface area contributed by atoms with Crippen molar-refractivity contribution in [2.45, 2.75) is 51.1 Å². The van der Waals surface area contributed by atoms with Gasteiger partial charge in [-0.25, -0.2) is 0 Å². The molecule has 2 rings (SSSR count). The number of benzene rings is 1. The van der Waals surface area contributed by atoms with Crippen LogP contribution >= 0.6 is 11.8 Å². The van der Waals surface area contributed by atoms with Gasteiger partial charge in [0, 0.05) is 30.6 Å². The van der Waals surface area contributed by atoms with Gasteiger partial charge >= 0.3 is 0 Å². The Hall–Kier alpha value is -2.26. The summed E-state index contributed by atoms with van der Waals surface area (Å²) in [6, 6.07) is 10.5. The fourth-order valence-electron chi connectivity index (χ4n) is 2.99. The second-order valence-corrected chi connectivity index (χ2v) is 7.26. The average molecular weight is 371 g/mol. The maximum atomic E-state index is 12.5. The number of amides is 1. The molecule has 0 radical (unpaired) electrons. The molecule has 5 nitrogen and oxygen atoms in total. The van der Waals surface area contributed by atoms with Gasteiger partial charge in [0.25, 0.3) is 0 Å². The topological polar surface area (TPSA) is 61.9 Å². The van der Waals surface area contributed by atoms with Crippen LogP contribution in [0.4, 0.5) is 0 Å². The summed E-state index contributed by atoms with van der Waals surface area (Å²) in [5, 5.41) is 13.2. The smallest absolute Gasteiger partial charge is 0.222 e. The molecule has 1 aromatic heterocycles. The quantitative estimate of drug-likeness (QED) is 0.664. The van der Waals surface area contributed by atoms with Crippen molar-refractivity contribution in [3.05, 3.63) is 46.8 Å². The van der Waals surface area contributed by atoms with Gasteiger partial charge in [-0.3, -0.25) is 9.48 Å². The third-order valence-electron chi connectivity index (χ3n) is 4.56. The molecule has 0 N–H and O–H groups in total. The van der Waals surface area contributed by atoms with E-state index in [0.717, 1.165) is 22.5 Å². The summed E-state index contributed by atoms with van der Waals surface area (Å²) < 4.78 is 1.87. The van der Waals surface area contributed by atoms with Crippen molar-refractivity contribution in [2.75, 3.05) is 13.3 Å². The number of aryl methyl sites for hydroxylation is 2. The van der Waals surface area contributed by atoms with E-state index < -0.39 is 0 Å². The Kier molecular flexibility index (Phi) is 7.28. The molecular formula is C20H26N4OS. The van der Waals surface area contributed by atoms with Crippen molar-refractivity contribution in [3.8, 4) is 6.07 Å². The lowest BCUT2D eigenvalue weighted by molar-refractivity contribution is -0.130. The monoisotopic (exact) mass is 370 g/mol. The molecule has 1 heterocycles. The lowest BCUT2D eigenvalue weighted by Crippen LogP contribution is -2.26. The molecule has 26 heavy (non-hydrogen) atoms. The van der Waals surface area contributed by atoms with Gasteiger partial charge in [-0.05, 0) is 49.8 Å². The van der Waals surface area contributed by atoms with Crippen molar-refractivity contribution < 1.29 is 4.79 Å². The molecule has 0 saturated carbocycles. The van der Waals surface area contributed by atoms with E-state index in [1.54, 1.807) is 16.7 Å². The second-order valence-electron chi connectivity index (χ2n) is 6.38. The summed E-state index contributed by atoms with van der Waals surface area (Å²) in [6.07, 6.45) is 3.64. The SMILES string of the molecule is CSc1ccc(CN(C)C(=O)CCc2c(C)nn(CCC#N)c2C)cc1. The fraction of sp³-hybridized carbons (Fsp3) is 0.450. The summed E-state index contributed by atoms with van der Waals surface area (Å²) in [5.74, 6) is 0.127. The predicted molar refractivity (Wildman–Crippen MR) is 105 cm³/mol. The van der Waals surface area contributed by atoms with Crippen LogP contribution in [0.25, 0.3) is 0 Å². The number of nitrogens with zero attached hydrogens (tertiary/aromatic N) is 4. The van der Waals surface area contributed by atoms with Crippen molar-refractivity contribution in [2.24, 2.45) is 0 Å². The van der Waals surface area contributed by atoms with Gasteiger partial charge in [-0.15, -0.1) is 11.8 Å².